The molecule has 6 heteroatoms. The first kappa shape index (κ1) is 15.3. The monoisotopic (exact) mass is 263 g/mol. The van der Waals surface area contributed by atoms with Crippen LogP contribution in [0.2, 0.25) is 0 Å². The number of aryl methyl sites for hydroxylation is 1. The van der Waals surface area contributed by atoms with Gasteiger partial charge in [0.2, 0.25) is 5.91 Å². The van der Waals surface area contributed by atoms with Gasteiger partial charge < -0.3 is 10.2 Å². The summed E-state index contributed by atoms with van der Waals surface area (Å²) in [6, 6.07) is -0.151. The Bertz CT molecular complexity index is 341. The van der Waals surface area contributed by atoms with Crippen molar-refractivity contribution in [2.75, 3.05) is 14.1 Å². The van der Waals surface area contributed by atoms with Gasteiger partial charge in [-0.3, -0.25) is 4.79 Å². The molecule has 16 heavy (non-hydrogen) atoms. The average Bonchev–Trinajstić information content (AvgIpc) is 2.59. The molecule has 0 aliphatic carbocycles. The first-order valence-electron chi connectivity index (χ1n) is 4.86. The second-order valence-electron chi connectivity index (χ2n) is 3.70. The molecule has 0 aliphatic rings. The Morgan fingerprint density at radius 3 is 2.69 bits per heavy atom. The Hall–Kier alpha value is -0.650. The van der Waals surface area contributed by atoms with Crippen molar-refractivity contribution < 1.29 is 4.79 Å². The van der Waals surface area contributed by atoms with Crippen LogP contribution in [0.15, 0.2) is 5.51 Å². The minimum absolute atomic E-state index is 0. The molecule has 1 amide bonds. The van der Waals surface area contributed by atoms with Gasteiger partial charge in [-0.15, -0.1) is 23.7 Å². The highest BCUT2D eigenvalue weighted by Crippen LogP contribution is 2.11. The maximum atomic E-state index is 11.5. The van der Waals surface area contributed by atoms with Gasteiger partial charge in [0.15, 0.2) is 0 Å². The van der Waals surface area contributed by atoms with Crippen molar-refractivity contribution in [3.05, 3.63) is 16.1 Å². The van der Waals surface area contributed by atoms with Crippen LogP contribution in [0.3, 0.4) is 0 Å². The molecular formula is C10H18ClN3OS. The van der Waals surface area contributed by atoms with Crippen LogP contribution in [-0.4, -0.2) is 35.9 Å². The molecule has 4 nitrogen and oxygen atoms in total. The zero-order chi connectivity index (χ0) is 11.4. The Labute approximate surface area is 106 Å². The molecule has 0 fully saturated rings. The molecule has 0 bridgehead atoms. The van der Waals surface area contributed by atoms with Crippen LogP contribution in [0.1, 0.15) is 17.5 Å². The largest absolute Gasteiger partial charge is 0.347 e. The van der Waals surface area contributed by atoms with E-state index in [-0.39, 0.29) is 24.4 Å². The molecule has 1 N–H and O–H groups in total. The molecular weight excluding hydrogens is 246 g/mol. The molecule has 1 atom stereocenters. The quantitative estimate of drug-likeness (QED) is 0.894. The second kappa shape index (κ2) is 6.83. The first-order chi connectivity index (χ1) is 7.02. The van der Waals surface area contributed by atoms with E-state index in [9.17, 15) is 4.79 Å². The third kappa shape index (κ3) is 4.08. The van der Waals surface area contributed by atoms with Crippen molar-refractivity contribution >= 4 is 29.7 Å². The third-order valence-electron chi connectivity index (χ3n) is 2.22. The van der Waals surface area contributed by atoms with Gasteiger partial charge >= 0.3 is 0 Å². The topological polar surface area (TPSA) is 45.2 Å². The van der Waals surface area contributed by atoms with Gasteiger partial charge in [0, 0.05) is 25.5 Å². The van der Waals surface area contributed by atoms with E-state index < -0.39 is 0 Å². The average molecular weight is 264 g/mol. The molecule has 0 saturated carbocycles. The van der Waals surface area contributed by atoms with Crippen LogP contribution in [-0.2, 0) is 11.3 Å². The van der Waals surface area contributed by atoms with Gasteiger partial charge in [-0.25, -0.2) is 4.98 Å². The summed E-state index contributed by atoms with van der Waals surface area (Å²) in [5.74, 6) is 0.0946. The van der Waals surface area contributed by atoms with Gasteiger partial charge in [-0.2, -0.15) is 0 Å². The molecule has 92 valence electrons. The van der Waals surface area contributed by atoms with Crippen molar-refractivity contribution in [1.29, 1.82) is 0 Å². The number of hydrogen-bond acceptors (Lipinski definition) is 4. The van der Waals surface area contributed by atoms with Crippen LogP contribution in [0.25, 0.3) is 0 Å². The summed E-state index contributed by atoms with van der Waals surface area (Å²) in [5, 5.41) is 3.19. The highest BCUT2D eigenvalue weighted by molar-refractivity contribution is 7.09. The number of nitrogens with one attached hydrogen (secondary N) is 1. The summed E-state index contributed by atoms with van der Waals surface area (Å²) in [4.78, 5) is 18.5. The van der Waals surface area contributed by atoms with Crippen LogP contribution in [0, 0.1) is 6.92 Å². The summed E-state index contributed by atoms with van der Waals surface area (Å²) in [6.45, 7) is 4.56. The Morgan fingerprint density at radius 2 is 2.25 bits per heavy atom. The summed E-state index contributed by atoms with van der Waals surface area (Å²) >= 11 is 1.61. The van der Waals surface area contributed by atoms with Crippen LogP contribution < -0.4 is 5.32 Å². The number of nitrogens with zero attached hydrogens (tertiary/aromatic N) is 2. The highest BCUT2D eigenvalue weighted by Gasteiger charge is 2.14. The first-order valence-corrected chi connectivity index (χ1v) is 5.74. The van der Waals surface area contributed by atoms with E-state index in [2.05, 4.69) is 10.3 Å². The molecule has 1 aromatic heterocycles. The second-order valence-corrected chi connectivity index (χ2v) is 4.64. The molecule has 0 aliphatic heterocycles. The fraction of sp³-hybridized carbons (Fsp3) is 0.600. The lowest BCUT2D eigenvalue weighted by Crippen LogP contribution is -2.41. The zero-order valence-corrected chi connectivity index (χ0v) is 11.6. The standard InChI is InChI=1S/C10H17N3OS.ClH/c1-7-9(15-6-12-7)5-11-8(2)10(14)13(3)4;/h6,8,11H,5H2,1-4H3;1H/t8-;/m1./s1. The lowest BCUT2D eigenvalue weighted by Gasteiger charge is -2.17. The van der Waals surface area contributed by atoms with Crippen LogP contribution in [0.5, 0.6) is 0 Å². The van der Waals surface area contributed by atoms with E-state index in [4.69, 9.17) is 0 Å². The smallest absolute Gasteiger partial charge is 0.238 e. The van der Waals surface area contributed by atoms with E-state index in [1.165, 1.54) is 4.88 Å². The number of thiazole rings is 1. The zero-order valence-electron chi connectivity index (χ0n) is 9.98. The predicted octanol–water partition coefficient (Wildman–Crippen LogP) is 1.44. The minimum Gasteiger partial charge on any atom is -0.347 e. The fourth-order valence-corrected chi connectivity index (χ4v) is 1.94. The number of hydrogen-bond donors (Lipinski definition) is 1. The van der Waals surface area contributed by atoms with E-state index in [1.54, 1.807) is 30.3 Å². The fourth-order valence-electron chi connectivity index (χ4n) is 1.22. The SMILES string of the molecule is Cc1ncsc1CN[C@H](C)C(=O)N(C)C.Cl. The van der Waals surface area contributed by atoms with Crippen LogP contribution >= 0.6 is 23.7 Å². The molecule has 0 unspecified atom stereocenters. The molecule has 1 rings (SSSR count). The molecule has 0 radical (unpaired) electrons. The lowest BCUT2D eigenvalue weighted by atomic mass is 10.3. The Morgan fingerprint density at radius 1 is 1.62 bits per heavy atom. The molecule has 1 aromatic rings. The van der Waals surface area contributed by atoms with Gasteiger partial charge in [-0.1, -0.05) is 0 Å². The molecule has 1 heterocycles. The summed E-state index contributed by atoms with van der Waals surface area (Å²) < 4.78 is 0. The molecule has 0 aromatic carbocycles. The van der Waals surface area contributed by atoms with Crippen molar-refractivity contribution in [2.45, 2.75) is 26.4 Å². The van der Waals surface area contributed by atoms with Gasteiger partial charge in [0.25, 0.3) is 0 Å². The number of carbonyl (C=O) groups excluding carboxylic acids is 1. The predicted molar refractivity (Wildman–Crippen MR) is 69.1 cm³/mol. The molecule has 0 spiro atoms. The number of likely N-dealkylation sites (N-methyl/N-ethyl adjacent to an activating group) is 1. The highest BCUT2D eigenvalue weighted by atomic mass is 35.5. The maximum Gasteiger partial charge on any atom is 0.238 e. The van der Waals surface area contributed by atoms with Crippen molar-refractivity contribution in [1.82, 2.24) is 15.2 Å². The maximum absolute atomic E-state index is 11.5. The summed E-state index contributed by atoms with van der Waals surface area (Å²) in [5.41, 5.74) is 2.86. The summed E-state index contributed by atoms with van der Waals surface area (Å²) in [7, 11) is 3.52. The number of amides is 1. The Balaban J connectivity index is 0.00000225. The van der Waals surface area contributed by atoms with Crippen LogP contribution in [0.4, 0.5) is 0 Å². The van der Waals surface area contributed by atoms with E-state index in [0.717, 1.165) is 5.69 Å². The lowest BCUT2D eigenvalue weighted by molar-refractivity contribution is -0.130. The van der Waals surface area contributed by atoms with Crippen molar-refractivity contribution in [3.63, 3.8) is 0 Å². The molecule has 0 saturated heterocycles. The van der Waals surface area contributed by atoms with E-state index >= 15 is 0 Å². The minimum atomic E-state index is -0.151. The van der Waals surface area contributed by atoms with Gasteiger partial charge in [0.1, 0.15) is 0 Å². The van der Waals surface area contributed by atoms with Crippen molar-refractivity contribution in [2.24, 2.45) is 0 Å². The van der Waals surface area contributed by atoms with Crippen molar-refractivity contribution in [3.8, 4) is 0 Å². The summed E-state index contributed by atoms with van der Waals surface area (Å²) in [6.07, 6.45) is 0. The Kier molecular flexibility index (Phi) is 6.55. The van der Waals surface area contributed by atoms with E-state index in [1.807, 2.05) is 19.4 Å². The number of carbonyl (C=O) groups is 1. The number of aromatic nitrogens is 1. The number of rotatable bonds is 4. The normalized spacial score (nSPS) is 11.8. The number of halogens is 1. The van der Waals surface area contributed by atoms with Gasteiger partial charge in [0.05, 0.1) is 17.2 Å². The third-order valence-corrected chi connectivity index (χ3v) is 3.16. The van der Waals surface area contributed by atoms with Gasteiger partial charge in [-0.05, 0) is 13.8 Å². The van der Waals surface area contributed by atoms with E-state index in [0.29, 0.717) is 6.54 Å².